The fourth-order valence-corrected chi connectivity index (χ4v) is 2.43. The minimum atomic E-state index is 0.163. The lowest BCUT2D eigenvalue weighted by atomic mass is 10.1. The molecular weight excluding hydrogens is 266 g/mol. The molecule has 3 nitrogen and oxygen atoms in total. The van der Waals surface area contributed by atoms with Gasteiger partial charge in [0.2, 0.25) is 0 Å². The molecule has 0 aliphatic rings. The molecule has 1 heterocycles. The third kappa shape index (κ3) is 3.81. The van der Waals surface area contributed by atoms with Crippen molar-refractivity contribution < 1.29 is 0 Å². The van der Waals surface area contributed by atoms with E-state index in [4.69, 9.17) is 5.73 Å². The maximum Gasteiger partial charge on any atom is 0.159 e. The quantitative estimate of drug-likeness (QED) is 0.856. The molecule has 1 aromatic carbocycles. The maximum atomic E-state index is 6.02. The second kappa shape index (κ2) is 6.86. The monoisotopic (exact) mass is 287 g/mol. The Morgan fingerprint density at radius 2 is 1.90 bits per heavy atom. The van der Waals surface area contributed by atoms with Crippen LogP contribution in [0.2, 0.25) is 0 Å². The van der Waals surface area contributed by atoms with Crippen molar-refractivity contribution >= 4 is 11.8 Å². The number of nitrogens with zero attached hydrogens (tertiary/aromatic N) is 2. The maximum absolute atomic E-state index is 6.02. The summed E-state index contributed by atoms with van der Waals surface area (Å²) in [6.07, 6.45) is 3.83. The van der Waals surface area contributed by atoms with Crippen LogP contribution in [0.15, 0.2) is 35.2 Å². The van der Waals surface area contributed by atoms with Crippen LogP contribution in [-0.2, 0) is 6.42 Å². The van der Waals surface area contributed by atoms with E-state index in [9.17, 15) is 0 Å². The van der Waals surface area contributed by atoms with Crippen molar-refractivity contribution in [2.24, 2.45) is 5.73 Å². The van der Waals surface area contributed by atoms with Gasteiger partial charge in [-0.1, -0.05) is 19.1 Å². The molecule has 0 aliphatic heterocycles. The molecule has 0 saturated carbocycles. The van der Waals surface area contributed by atoms with E-state index in [2.05, 4.69) is 47.4 Å². The molecule has 20 heavy (non-hydrogen) atoms. The Kier molecular flexibility index (Phi) is 5.15. The van der Waals surface area contributed by atoms with Gasteiger partial charge < -0.3 is 5.73 Å². The van der Waals surface area contributed by atoms with Crippen molar-refractivity contribution in [3.63, 3.8) is 0 Å². The highest BCUT2D eigenvalue weighted by atomic mass is 32.2. The van der Waals surface area contributed by atoms with E-state index in [1.165, 1.54) is 4.90 Å². The fourth-order valence-electron chi connectivity index (χ4n) is 2.02. The van der Waals surface area contributed by atoms with Crippen LogP contribution in [-0.4, -0.2) is 22.3 Å². The molecule has 1 unspecified atom stereocenters. The molecule has 2 aromatic rings. The molecule has 0 radical (unpaired) electrons. The highest BCUT2D eigenvalue weighted by Crippen LogP contribution is 2.21. The highest BCUT2D eigenvalue weighted by Gasteiger charge is 2.08. The zero-order chi connectivity index (χ0) is 14.5. The average molecular weight is 287 g/mol. The van der Waals surface area contributed by atoms with Crippen molar-refractivity contribution in [3.05, 3.63) is 41.7 Å². The van der Waals surface area contributed by atoms with Gasteiger partial charge in [-0.3, -0.25) is 0 Å². The zero-order valence-corrected chi connectivity index (χ0v) is 13.1. The SMILES string of the molecule is CCC(N)Cc1cc(C)nc(-c2ccc(SC)cc2)n1. The van der Waals surface area contributed by atoms with Crippen LogP contribution >= 0.6 is 11.8 Å². The Balaban J connectivity index is 2.30. The minimum absolute atomic E-state index is 0.163. The number of hydrogen-bond donors (Lipinski definition) is 1. The molecule has 0 fully saturated rings. The molecule has 0 bridgehead atoms. The zero-order valence-electron chi connectivity index (χ0n) is 12.3. The lowest BCUT2D eigenvalue weighted by Crippen LogP contribution is -2.22. The van der Waals surface area contributed by atoms with Crippen LogP contribution in [0.5, 0.6) is 0 Å². The summed E-state index contributed by atoms with van der Waals surface area (Å²) in [4.78, 5) is 10.4. The molecule has 106 valence electrons. The van der Waals surface area contributed by atoms with Crippen LogP contribution in [0.3, 0.4) is 0 Å². The van der Waals surface area contributed by atoms with Crippen LogP contribution in [0.4, 0.5) is 0 Å². The normalized spacial score (nSPS) is 12.4. The van der Waals surface area contributed by atoms with Crippen LogP contribution in [0.1, 0.15) is 24.7 Å². The largest absolute Gasteiger partial charge is 0.327 e. The van der Waals surface area contributed by atoms with Gasteiger partial charge >= 0.3 is 0 Å². The Morgan fingerprint density at radius 1 is 1.20 bits per heavy atom. The summed E-state index contributed by atoms with van der Waals surface area (Å²) in [7, 11) is 0. The minimum Gasteiger partial charge on any atom is -0.327 e. The second-order valence-electron chi connectivity index (χ2n) is 4.93. The summed E-state index contributed by atoms with van der Waals surface area (Å²) in [6, 6.07) is 10.5. The highest BCUT2D eigenvalue weighted by molar-refractivity contribution is 7.98. The average Bonchev–Trinajstić information content (AvgIpc) is 2.46. The van der Waals surface area contributed by atoms with Gasteiger partial charge in [0.05, 0.1) is 0 Å². The molecule has 2 rings (SSSR count). The second-order valence-corrected chi connectivity index (χ2v) is 5.80. The van der Waals surface area contributed by atoms with E-state index >= 15 is 0 Å². The van der Waals surface area contributed by atoms with Gasteiger partial charge in [-0.05, 0) is 37.8 Å². The Hall–Kier alpha value is -1.39. The molecule has 4 heteroatoms. The van der Waals surface area contributed by atoms with Crippen molar-refractivity contribution in [1.29, 1.82) is 0 Å². The topological polar surface area (TPSA) is 51.8 Å². The van der Waals surface area contributed by atoms with Crippen LogP contribution in [0.25, 0.3) is 11.4 Å². The molecule has 2 N–H and O–H groups in total. The van der Waals surface area contributed by atoms with Gasteiger partial charge in [0, 0.05) is 34.3 Å². The summed E-state index contributed by atoms with van der Waals surface area (Å²) in [5.41, 5.74) is 9.08. The van der Waals surface area contributed by atoms with Gasteiger partial charge in [0.15, 0.2) is 5.82 Å². The summed E-state index contributed by atoms with van der Waals surface area (Å²) in [5.74, 6) is 0.788. The van der Waals surface area contributed by atoms with E-state index in [0.717, 1.165) is 35.6 Å². The van der Waals surface area contributed by atoms with Gasteiger partial charge in [-0.15, -0.1) is 11.8 Å². The Morgan fingerprint density at radius 3 is 2.50 bits per heavy atom. The first-order valence-corrected chi connectivity index (χ1v) is 8.09. The number of thioether (sulfide) groups is 1. The van der Waals surface area contributed by atoms with E-state index in [1.807, 2.05) is 13.0 Å². The molecule has 1 aromatic heterocycles. The van der Waals surface area contributed by atoms with Gasteiger partial charge in [-0.2, -0.15) is 0 Å². The summed E-state index contributed by atoms with van der Waals surface area (Å²) < 4.78 is 0. The van der Waals surface area contributed by atoms with Crippen molar-refractivity contribution in [1.82, 2.24) is 9.97 Å². The van der Waals surface area contributed by atoms with Crippen molar-refractivity contribution in [2.45, 2.75) is 37.6 Å². The summed E-state index contributed by atoms with van der Waals surface area (Å²) >= 11 is 1.73. The third-order valence-corrected chi connectivity index (χ3v) is 3.99. The number of aromatic nitrogens is 2. The molecule has 0 aliphatic carbocycles. The summed E-state index contributed by atoms with van der Waals surface area (Å²) in [6.45, 7) is 4.10. The van der Waals surface area contributed by atoms with Gasteiger partial charge in [0.1, 0.15) is 0 Å². The number of nitrogens with two attached hydrogens (primary N) is 1. The van der Waals surface area contributed by atoms with E-state index in [0.29, 0.717) is 0 Å². The van der Waals surface area contributed by atoms with Crippen LogP contribution in [0, 0.1) is 6.92 Å². The number of aryl methyl sites for hydroxylation is 1. The predicted molar refractivity (Wildman–Crippen MR) is 86.0 cm³/mol. The van der Waals surface area contributed by atoms with Crippen LogP contribution < -0.4 is 5.73 Å². The Labute approximate surface area is 125 Å². The molecule has 1 atom stereocenters. The molecule has 0 spiro atoms. The molecule has 0 amide bonds. The fraction of sp³-hybridized carbons (Fsp3) is 0.375. The first kappa shape index (κ1) is 15.0. The summed E-state index contributed by atoms with van der Waals surface area (Å²) in [5, 5.41) is 0. The number of hydrogen-bond acceptors (Lipinski definition) is 4. The molecular formula is C16H21N3S. The lowest BCUT2D eigenvalue weighted by Gasteiger charge is -2.10. The van der Waals surface area contributed by atoms with Gasteiger partial charge in [0.25, 0.3) is 0 Å². The van der Waals surface area contributed by atoms with Gasteiger partial charge in [-0.25, -0.2) is 9.97 Å². The third-order valence-electron chi connectivity index (χ3n) is 3.25. The van der Waals surface area contributed by atoms with E-state index < -0.39 is 0 Å². The lowest BCUT2D eigenvalue weighted by molar-refractivity contribution is 0.635. The first-order valence-electron chi connectivity index (χ1n) is 6.87. The predicted octanol–water partition coefficient (Wildman–Crippen LogP) is 3.45. The number of rotatable bonds is 5. The number of benzene rings is 1. The van der Waals surface area contributed by atoms with Crippen molar-refractivity contribution in [2.75, 3.05) is 6.26 Å². The van der Waals surface area contributed by atoms with Crippen molar-refractivity contribution in [3.8, 4) is 11.4 Å². The van der Waals surface area contributed by atoms with E-state index in [1.54, 1.807) is 11.8 Å². The Bertz CT molecular complexity index is 566. The van der Waals surface area contributed by atoms with E-state index in [-0.39, 0.29) is 6.04 Å². The standard InChI is InChI=1S/C16H21N3S/c1-4-13(17)10-14-9-11(2)18-16(19-14)12-5-7-15(20-3)8-6-12/h5-9,13H,4,10,17H2,1-3H3. The smallest absolute Gasteiger partial charge is 0.159 e. The first-order chi connectivity index (χ1) is 9.62. The molecule has 0 saturated heterocycles.